The molecule has 12 heterocycles. The van der Waals surface area contributed by atoms with Crippen LogP contribution in [0.4, 0.5) is 47.4 Å². The van der Waals surface area contributed by atoms with E-state index in [4.69, 9.17) is 35.5 Å². The van der Waals surface area contributed by atoms with Crippen molar-refractivity contribution in [3.05, 3.63) is 143 Å². The number of carboxylic acids is 1. The molecule has 0 bridgehead atoms. The van der Waals surface area contributed by atoms with Gasteiger partial charge in [0.05, 0.1) is 36.2 Å². The van der Waals surface area contributed by atoms with E-state index in [-0.39, 0.29) is 55.8 Å². The zero-order valence-electron chi connectivity index (χ0n) is 55.9. The summed E-state index contributed by atoms with van der Waals surface area (Å²) in [7, 11) is 3.82. The number of aliphatic carboxylic acids is 1. The summed E-state index contributed by atoms with van der Waals surface area (Å²) in [6, 6.07) is 23.4. The smallest absolute Gasteiger partial charge is 0.411 e. The number of rotatable bonds is 16. The number of amides is 1. The summed E-state index contributed by atoms with van der Waals surface area (Å²) in [5.74, 6) is 1.63. The number of benzene rings is 2. The predicted molar refractivity (Wildman–Crippen MR) is 381 cm³/mol. The molecule has 0 unspecified atom stereocenters. The Morgan fingerprint density at radius 3 is 1.50 bits per heavy atom. The van der Waals surface area contributed by atoms with E-state index in [1.54, 1.807) is 45.0 Å². The molecule has 26 nitrogen and oxygen atoms in total. The fourth-order valence-electron chi connectivity index (χ4n) is 12.3. The first-order chi connectivity index (χ1) is 48.0. The zero-order valence-corrected chi connectivity index (χ0v) is 57.5. The number of nitriles is 2. The zero-order chi connectivity index (χ0) is 70.8. The fraction of sp³-hybridized carbons (Fsp3) is 0.366. The largest absolute Gasteiger partial charge is 0.480 e. The lowest BCUT2D eigenvalue weighted by molar-refractivity contribution is -0.142. The molecule has 2 aromatic carbocycles. The van der Waals surface area contributed by atoms with Crippen LogP contribution in [0.3, 0.4) is 0 Å². The molecule has 4 aliphatic rings. The molecule has 0 spiro atoms. The number of carbonyl (C=O) groups excluding carboxylic acids is 2. The number of hydrogen-bond acceptors (Lipinski definition) is 24. The summed E-state index contributed by atoms with van der Waals surface area (Å²) >= 11 is 2.57. The van der Waals surface area contributed by atoms with E-state index in [0.29, 0.717) is 86.7 Å². The number of pyridine rings is 2. The molecule has 10 aromatic rings. The Morgan fingerprint density at radius 1 is 0.653 bits per heavy atom. The topological polar surface area (TPSA) is 335 Å². The van der Waals surface area contributed by atoms with Gasteiger partial charge in [-0.2, -0.15) is 10.5 Å². The second kappa shape index (κ2) is 30.2. The molecule has 0 saturated carbocycles. The molecular formula is C71H77F2N19O7S2. The predicted octanol–water partition coefficient (Wildman–Crippen LogP) is 9.85. The number of ketones is 1. The minimum atomic E-state index is -1.12. The number of likely N-dealkylation sites (tertiary alicyclic amines) is 1. The maximum atomic E-state index is 13.5. The number of aryl methyl sites for hydroxylation is 2. The number of aliphatic hydroxyl groups is 2. The van der Waals surface area contributed by atoms with Gasteiger partial charge in [0.15, 0.2) is 10.3 Å². The van der Waals surface area contributed by atoms with Crippen LogP contribution in [0.2, 0.25) is 0 Å². The number of ether oxygens (including phenoxy) is 1. The highest BCUT2D eigenvalue weighted by molar-refractivity contribution is 7.17. The van der Waals surface area contributed by atoms with Crippen molar-refractivity contribution in [2.75, 3.05) is 73.0 Å². The van der Waals surface area contributed by atoms with Gasteiger partial charge in [-0.1, -0.05) is 43.9 Å². The number of halogens is 2. The lowest BCUT2D eigenvalue weighted by Crippen LogP contribution is -2.56. The Labute approximate surface area is 589 Å². The van der Waals surface area contributed by atoms with Gasteiger partial charge in [0.25, 0.3) is 0 Å². The van der Waals surface area contributed by atoms with Gasteiger partial charge in [-0.3, -0.25) is 18.5 Å². The molecule has 524 valence electrons. The van der Waals surface area contributed by atoms with E-state index < -0.39 is 35.9 Å². The number of aliphatic hydroxyl groups excluding tert-OH is 2. The molecule has 8 aromatic heterocycles. The molecule has 14 rings (SSSR count). The molecular weight excluding hydrogens is 1330 g/mol. The first-order valence-electron chi connectivity index (χ1n) is 32.5. The lowest BCUT2D eigenvalue weighted by Gasteiger charge is -2.39. The van der Waals surface area contributed by atoms with Gasteiger partial charge in [0.2, 0.25) is 11.9 Å². The normalized spacial score (nSPS) is 17.4. The van der Waals surface area contributed by atoms with Crippen LogP contribution in [-0.2, 0) is 27.2 Å². The summed E-state index contributed by atoms with van der Waals surface area (Å²) in [6.45, 7) is 12.7. The number of Topliss-reactive ketones (excluding diaryl/α,β-unsaturated/α-hetero) is 1. The maximum absolute atomic E-state index is 13.5. The number of carbonyl (C=O) groups is 3. The number of carboxylic acid groups (broad SMARTS) is 1. The average Bonchev–Trinajstić information content (AvgIpc) is 1.66. The number of β-amino-alcohol motifs (C(OH)–C–C–N with tert-alkyl or cyclic N) is 2. The van der Waals surface area contributed by atoms with Crippen LogP contribution in [0.15, 0.2) is 110 Å². The number of hydrogen-bond donors (Lipinski definition) is 5. The fourth-order valence-corrected chi connectivity index (χ4v) is 14.0. The van der Waals surface area contributed by atoms with Crippen molar-refractivity contribution in [3.63, 3.8) is 0 Å². The third-order valence-corrected chi connectivity index (χ3v) is 19.5. The Balaban J connectivity index is 0.000000168. The maximum Gasteiger partial charge on any atom is 0.411 e. The quantitative estimate of drug-likeness (QED) is 0.0600. The molecule has 0 radical (unpaired) electrons. The summed E-state index contributed by atoms with van der Waals surface area (Å²) in [5, 5.41) is 51.9. The number of anilines is 6. The van der Waals surface area contributed by atoms with Gasteiger partial charge >= 0.3 is 12.1 Å². The van der Waals surface area contributed by atoms with E-state index in [9.17, 15) is 43.9 Å². The number of nitrogens with one attached hydrogen (secondary N) is 1. The standard InChI is InChI=1S/C33H32FN9O2S.C27H24FN9S.C10H17NO5.CH4/c1-3-25-31(41(2)33-40-30(28(12-35)46-33)20-4-7-23(34)8-5-20)43-18-21(6-9-29(43)39-25)22-13-37-32(38-14-22)42-16-19(17-42)10-27(45)26-11-24(44)15-36-26;1-3-21-25(35(2)27-34-24(22(10-29)38-27)16-4-7-19(28)8-5-16)37-13-17(6-9-23(37)33-21)18-11-31-26(32-12-18)36-14-20(30)15-36;1-10(2,3)16-9(15)11-5-6(12)4-7(11)8(13)14;/h4-9,13-14,18-19,24,26,36,44H,3,10-11,15-17H2,1-2H3;4-9,11-13,20H,3,14-15,30H2,1-2H3;6-7,12H,4-5H2,1-3H3,(H,13,14);1H4/t24-,26+;;6-,7+;/m1.1./s1. The van der Waals surface area contributed by atoms with Crippen LogP contribution in [-0.4, -0.2) is 176 Å². The van der Waals surface area contributed by atoms with Gasteiger partial charge in [-0.05, 0) is 113 Å². The van der Waals surface area contributed by atoms with Crippen molar-refractivity contribution >= 4 is 85.6 Å². The molecule has 30 heteroatoms. The molecule has 101 heavy (non-hydrogen) atoms. The highest BCUT2D eigenvalue weighted by Gasteiger charge is 2.41. The summed E-state index contributed by atoms with van der Waals surface area (Å²) in [5.41, 5.74) is 14.6. The van der Waals surface area contributed by atoms with Gasteiger partial charge in [-0.25, -0.2) is 58.2 Å². The molecule has 4 aliphatic heterocycles. The molecule has 1 amide bonds. The lowest BCUT2D eigenvalue weighted by atomic mass is 9.91. The monoisotopic (exact) mass is 1410 g/mol. The third-order valence-electron chi connectivity index (χ3n) is 17.4. The number of aromatic nitrogens is 10. The van der Waals surface area contributed by atoms with Crippen LogP contribution in [0.5, 0.6) is 0 Å². The van der Waals surface area contributed by atoms with Gasteiger partial charge in [-0.15, -0.1) is 0 Å². The Morgan fingerprint density at radius 2 is 1.10 bits per heavy atom. The summed E-state index contributed by atoms with van der Waals surface area (Å²) in [4.78, 5) is 82.6. The van der Waals surface area contributed by atoms with Gasteiger partial charge in [0.1, 0.15) is 85.3 Å². The molecule has 6 N–H and O–H groups in total. The second-order valence-corrected chi connectivity index (χ2v) is 27.8. The van der Waals surface area contributed by atoms with E-state index in [2.05, 4.69) is 54.1 Å². The number of nitrogens with zero attached hydrogens (tertiary/aromatic N) is 17. The second-order valence-electron chi connectivity index (χ2n) is 25.8. The van der Waals surface area contributed by atoms with Crippen molar-refractivity contribution in [1.82, 2.24) is 58.9 Å². The highest BCUT2D eigenvalue weighted by atomic mass is 32.1. The Hall–Kier alpha value is -10.5. The number of fused-ring (bicyclic) bond motifs is 2. The van der Waals surface area contributed by atoms with E-state index >= 15 is 0 Å². The van der Waals surface area contributed by atoms with E-state index in [1.807, 2.05) is 101 Å². The van der Waals surface area contributed by atoms with E-state index in [1.165, 1.54) is 46.9 Å². The minimum Gasteiger partial charge on any atom is -0.480 e. The first kappa shape index (κ1) is 71.8. The third kappa shape index (κ3) is 15.6. The van der Waals surface area contributed by atoms with Crippen molar-refractivity contribution in [2.24, 2.45) is 11.7 Å². The Kier molecular flexibility index (Phi) is 21.4. The number of thiazole rings is 2. The van der Waals surface area contributed by atoms with Gasteiger partial charge < -0.3 is 50.7 Å². The van der Waals surface area contributed by atoms with Gasteiger partial charge in [0, 0.05) is 142 Å². The number of imidazole rings is 2. The number of nitrogens with two attached hydrogens (primary N) is 1. The SMILES string of the molecule is C.CC(C)(C)OC(=O)N1C[C@H](O)C[C@H]1C(=O)O.CCc1nc2ccc(-c3cnc(N4CC(CC(=O)[C@@H]5C[C@@H](O)CN5)C4)nc3)cn2c1N(C)c1nc(-c2ccc(F)cc2)c(C#N)s1.CCc1nc2ccc(-c3cnc(N4CC(N)C4)nc3)cn2c1N(C)c1nc(-c2ccc(F)cc2)c(C#N)s1. The minimum absolute atomic E-state index is 0. The first-order valence-corrected chi connectivity index (χ1v) is 34.2. The van der Waals surface area contributed by atoms with Crippen LogP contribution >= 0.6 is 22.7 Å². The van der Waals surface area contributed by atoms with Crippen molar-refractivity contribution < 1.29 is 43.2 Å². The van der Waals surface area contributed by atoms with Crippen LogP contribution in [0.25, 0.3) is 56.1 Å². The van der Waals surface area contributed by atoms with Crippen molar-refractivity contribution in [3.8, 4) is 56.9 Å². The molecule has 0 aliphatic carbocycles. The summed E-state index contributed by atoms with van der Waals surface area (Å²) in [6.07, 6.45) is 11.8. The van der Waals surface area contributed by atoms with Crippen LogP contribution in [0.1, 0.15) is 82.4 Å². The Bertz CT molecular complexity index is 4730. The van der Waals surface area contributed by atoms with Crippen molar-refractivity contribution in [1.29, 1.82) is 10.5 Å². The van der Waals surface area contributed by atoms with Crippen LogP contribution < -0.4 is 30.7 Å². The average molecular weight is 1410 g/mol. The molecule has 4 atom stereocenters. The van der Waals surface area contributed by atoms with Crippen molar-refractivity contribution in [2.45, 2.75) is 110 Å². The summed E-state index contributed by atoms with van der Waals surface area (Å²) < 4.78 is 36.1. The highest BCUT2D eigenvalue weighted by Crippen LogP contribution is 2.40. The molecule has 4 fully saturated rings. The van der Waals surface area contributed by atoms with E-state index in [0.717, 1.165) is 87.7 Å². The molecule has 4 saturated heterocycles. The van der Waals surface area contributed by atoms with Crippen LogP contribution in [0, 0.1) is 40.2 Å².